The molecule has 2 unspecified atom stereocenters. The van der Waals surface area contributed by atoms with E-state index in [0.29, 0.717) is 18.4 Å². The SMILES string of the molecule is COc1ccc(CCC(=O)O[C@H]2CC3[C@](C)(CC[C@H](C)[C@@]3(C)COC(C)=O)C3[C@@H](O)c4c(cc(-c5cccnc5)oc4=O)O[C@@]32C)cc1. The highest BCUT2D eigenvalue weighted by atomic mass is 16.6. The zero-order valence-electron chi connectivity index (χ0n) is 28.5. The average molecular weight is 660 g/mol. The van der Waals surface area contributed by atoms with E-state index in [1.807, 2.05) is 31.2 Å². The number of methoxy groups -OCH3 is 1. The Hall–Kier alpha value is -4.18. The third-order valence-corrected chi connectivity index (χ3v) is 11.7. The van der Waals surface area contributed by atoms with Crippen molar-refractivity contribution in [3.63, 3.8) is 0 Å². The third kappa shape index (κ3) is 5.78. The minimum absolute atomic E-state index is 0.0527. The molecular weight excluding hydrogens is 614 g/mol. The van der Waals surface area contributed by atoms with Crippen LogP contribution in [0, 0.1) is 28.6 Å². The van der Waals surface area contributed by atoms with E-state index in [9.17, 15) is 19.5 Å². The van der Waals surface area contributed by atoms with Gasteiger partial charge in [0.15, 0.2) is 0 Å². The lowest BCUT2D eigenvalue weighted by molar-refractivity contribution is -0.262. The van der Waals surface area contributed by atoms with Crippen molar-refractivity contribution in [3.05, 3.63) is 76.4 Å². The first-order chi connectivity index (χ1) is 22.8. The molecule has 10 nitrogen and oxygen atoms in total. The zero-order chi connectivity index (χ0) is 34.4. The maximum absolute atomic E-state index is 13.6. The number of carbonyl (C=O) groups excluding carboxylic acids is 2. The Morgan fingerprint density at radius 3 is 2.54 bits per heavy atom. The number of pyridine rings is 1. The Bertz CT molecular complexity index is 1720. The Balaban J connectivity index is 1.40. The fraction of sp³-hybridized carbons (Fsp3) is 0.526. The van der Waals surface area contributed by atoms with Crippen LogP contribution in [0.1, 0.15) is 77.5 Å². The fourth-order valence-corrected chi connectivity index (χ4v) is 8.95. The fourth-order valence-electron chi connectivity index (χ4n) is 8.95. The van der Waals surface area contributed by atoms with Gasteiger partial charge in [0.2, 0.25) is 0 Å². The van der Waals surface area contributed by atoms with Gasteiger partial charge in [-0.1, -0.05) is 32.9 Å². The summed E-state index contributed by atoms with van der Waals surface area (Å²) in [6.07, 6.45) is 3.76. The Morgan fingerprint density at radius 1 is 1.12 bits per heavy atom. The predicted octanol–water partition coefficient (Wildman–Crippen LogP) is 6.08. The van der Waals surface area contributed by atoms with Crippen LogP contribution < -0.4 is 15.1 Å². The van der Waals surface area contributed by atoms with Gasteiger partial charge in [-0.25, -0.2) is 4.79 Å². The monoisotopic (exact) mass is 659 g/mol. The lowest BCUT2D eigenvalue weighted by atomic mass is 9.41. The molecule has 3 aliphatic rings. The molecule has 2 saturated carbocycles. The van der Waals surface area contributed by atoms with Gasteiger partial charge in [0.25, 0.3) is 0 Å². The van der Waals surface area contributed by atoms with Crippen LogP contribution in [0.4, 0.5) is 0 Å². The normalized spacial score (nSPS) is 32.1. The van der Waals surface area contributed by atoms with Crippen LogP contribution in [0.5, 0.6) is 11.5 Å². The van der Waals surface area contributed by atoms with Crippen molar-refractivity contribution < 1.29 is 38.1 Å². The molecule has 6 rings (SSSR count). The van der Waals surface area contributed by atoms with Gasteiger partial charge in [0.05, 0.1) is 19.8 Å². The maximum atomic E-state index is 13.6. The van der Waals surface area contributed by atoms with E-state index >= 15 is 0 Å². The maximum Gasteiger partial charge on any atom is 0.345 e. The molecule has 3 aromatic rings. The number of nitrogens with zero attached hydrogens (tertiary/aromatic N) is 1. The smallest absolute Gasteiger partial charge is 0.345 e. The van der Waals surface area contributed by atoms with E-state index in [4.69, 9.17) is 23.4 Å². The summed E-state index contributed by atoms with van der Waals surface area (Å²) in [5.41, 5.74) is -1.35. The molecule has 0 spiro atoms. The van der Waals surface area contributed by atoms with E-state index in [-0.39, 0.29) is 47.9 Å². The van der Waals surface area contributed by atoms with Crippen molar-refractivity contribution in [2.75, 3.05) is 13.7 Å². The number of carbonyl (C=O) groups is 2. The van der Waals surface area contributed by atoms with Crippen LogP contribution in [-0.4, -0.2) is 47.5 Å². The molecule has 8 atom stereocenters. The van der Waals surface area contributed by atoms with E-state index in [0.717, 1.165) is 24.2 Å². The van der Waals surface area contributed by atoms with Gasteiger partial charge in [-0.15, -0.1) is 0 Å². The second-order valence-corrected chi connectivity index (χ2v) is 14.5. The number of ether oxygens (including phenoxy) is 4. The second-order valence-electron chi connectivity index (χ2n) is 14.5. The summed E-state index contributed by atoms with van der Waals surface area (Å²) in [6.45, 7) is 9.87. The van der Waals surface area contributed by atoms with Crippen LogP contribution in [0.25, 0.3) is 11.3 Å². The average Bonchev–Trinajstić information content (AvgIpc) is 3.06. The molecule has 0 bridgehead atoms. The quantitative estimate of drug-likeness (QED) is 0.284. The zero-order valence-corrected chi connectivity index (χ0v) is 28.5. The highest BCUT2D eigenvalue weighted by Gasteiger charge is 2.70. The number of aryl methyl sites for hydroxylation is 1. The molecule has 2 aromatic heterocycles. The molecule has 1 N–H and O–H groups in total. The lowest BCUT2D eigenvalue weighted by Gasteiger charge is -2.66. The molecule has 0 saturated heterocycles. The molecule has 2 aliphatic carbocycles. The number of aromatic nitrogens is 1. The molecule has 2 fully saturated rings. The minimum Gasteiger partial charge on any atom is -0.497 e. The number of aliphatic hydroxyl groups excluding tert-OH is 1. The van der Waals surface area contributed by atoms with Crippen LogP contribution in [0.2, 0.25) is 0 Å². The largest absolute Gasteiger partial charge is 0.497 e. The standard InChI is InChI=1S/C38H45NO9/c1-22-15-16-36(3)29(37(22,4)21-45-23(2)40)19-30(47-31(41)14-11-24-9-12-26(44-6)13-10-24)38(5)34(36)33(42)32-28(48-38)18-27(46-35(32)43)25-8-7-17-39-20-25/h7-10,12-13,17-18,20,22,29-30,33-34,42H,11,14-16,19,21H2,1-6H3/t22-,29?,30-,33-,34?,36-,37+,38+/m0/s1. The summed E-state index contributed by atoms with van der Waals surface area (Å²) < 4.78 is 29.9. The first-order valence-corrected chi connectivity index (χ1v) is 16.7. The number of rotatable bonds is 8. The number of hydrogen-bond acceptors (Lipinski definition) is 10. The number of esters is 2. The molecule has 0 amide bonds. The van der Waals surface area contributed by atoms with Crippen molar-refractivity contribution >= 4 is 11.9 Å². The van der Waals surface area contributed by atoms with Gasteiger partial charge >= 0.3 is 17.6 Å². The summed E-state index contributed by atoms with van der Waals surface area (Å²) in [5.74, 6) is -0.185. The molecular formula is C38H45NO9. The summed E-state index contributed by atoms with van der Waals surface area (Å²) in [4.78, 5) is 43.4. The first kappa shape index (κ1) is 33.7. The van der Waals surface area contributed by atoms with E-state index in [1.54, 1.807) is 37.7 Å². The topological polar surface area (TPSA) is 134 Å². The number of hydrogen-bond donors (Lipinski definition) is 1. The van der Waals surface area contributed by atoms with Crippen molar-refractivity contribution in [3.8, 4) is 22.8 Å². The molecule has 256 valence electrons. The molecule has 0 radical (unpaired) electrons. The van der Waals surface area contributed by atoms with Gasteiger partial charge in [0.1, 0.15) is 34.5 Å². The van der Waals surface area contributed by atoms with Crippen LogP contribution in [0.3, 0.4) is 0 Å². The van der Waals surface area contributed by atoms with Crippen LogP contribution >= 0.6 is 0 Å². The van der Waals surface area contributed by atoms with Gasteiger partial charge in [-0.3, -0.25) is 14.6 Å². The highest BCUT2D eigenvalue weighted by molar-refractivity contribution is 5.70. The predicted molar refractivity (Wildman–Crippen MR) is 176 cm³/mol. The van der Waals surface area contributed by atoms with Crippen LogP contribution in [-0.2, 0) is 25.5 Å². The van der Waals surface area contributed by atoms with Crippen molar-refractivity contribution in [1.82, 2.24) is 4.98 Å². The van der Waals surface area contributed by atoms with Gasteiger partial charge in [-0.05, 0) is 79.7 Å². The Morgan fingerprint density at radius 2 is 1.88 bits per heavy atom. The van der Waals surface area contributed by atoms with Crippen molar-refractivity contribution in [2.24, 2.45) is 28.6 Å². The summed E-state index contributed by atoms with van der Waals surface area (Å²) in [7, 11) is 1.61. The molecule has 1 aliphatic heterocycles. The van der Waals surface area contributed by atoms with Crippen molar-refractivity contribution in [1.29, 1.82) is 0 Å². The van der Waals surface area contributed by atoms with Gasteiger partial charge < -0.3 is 28.5 Å². The number of fused-ring (bicyclic) bond motifs is 4. The molecule has 1 aromatic carbocycles. The minimum atomic E-state index is -1.27. The van der Waals surface area contributed by atoms with E-state index < -0.39 is 46.2 Å². The Labute approximate surface area is 280 Å². The van der Waals surface area contributed by atoms with Gasteiger partial charge in [0, 0.05) is 48.7 Å². The van der Waals surface area contributed by atoms with E-state index in [2.05, 4.69) is 25.8 Å². The van der Waals surface area contributed by atoms with Crippen LogP contribution in [0.15, 0.2) is 64.1 Å². The first-order valence-electron chi connectivity index (χ1n) is 16.7. The number of aliphatic hydroxyl groups is 1. The van der Waals surface area contributed by atoms with Gasteiger partial charge in [-0.2, -0.15) is 0 Å². The highest BCUT2D eigenvalue weighted by Crippen LogP contribution is 2.68. The summed E-state index contributed by atoms with van der Waals surface area (Å²) in [5, 5.41) is 12.3. The number of benzene rings is 1. The molecule has 48 heavy (non-hydrogen) atoms. The lowest BCUT2D eigenvalue weighted by Crippen LogP contribution is -2.70. The van der Waals surface area contributed by atoms with Crippen molar-refractivity contribution in [2.45, 2.75) is 84.5 Å². The van der Waals surface area contributed by atoms with E-state index in [1.165, 1.54) is 6.92 Å². The third-order valence-electron chi connectivity index (χ3n) is 11.7. The molecule has 10 heteroatoms. The second kappa shape index (κ2) is 12.7. The summed E-state index contributed by atoms with van der Waals surface area (Å²) >= 11 is 0. The Kier molecular flexibility index (Phi) is 8.91. The summed E-state index contributed by atoms with van der Waals surface area (Å²) in [6, 6.07) is 12.7. The molecule has 3 heterocycles.